The van der Waals surface area contributed by atoms with Gasteiger partial charge in [0.1, 0.15) is 5.54 Å². The van der Waals surface area contributed by atoms with Gasteiger partial charge in [-0.25, -0.2) is 9.59 Å². The van der Waals surface area contributed by atoms with E-state index in [0.717, 1.165) is 25.7 Å². The molecule has 0 saturated carbocycles. The SMILES string of the molecule is CCC(C)(NC(=O)N1CCCCCC1C)C(=O)O. The van der Waals surface area contributed by atoms with Crippen LogP contribution in [0.3, 0.4) is 0 Å². The van der Waals surface area contributed by atoms with Crippen LogP contribution in [0.5, 0.6) is 0 Å². The maximum Gasteiger partial charge on any atom is 0.329 e. The fourth-order valence-corrected chi connectivity index (χ4v) is 2.18. The summed E-state index contributed by atoms with van der Waals surface area (Å²) in [5.41, 5.74) is -1.18. The fourth-order valence-electron chi connectivity index (χ4n) is 2.18. The maximum atomic E-state index is 12.2. The van der Waals surface area contributed by atoms with Gasteiger partial charge in [-0.05, 0) is 33.1 Å². The number of amides is 2. The van der Waals surface area contributed by atoms with Crippen LogP contribution in [0.4, 0.5) is 4.79 Å². The summed E-state index contributed by atoms with van der Waals surface area (Å²) in [6, 6.07) is -0.0708. The van der Waals surface area contributed by atoms with Crippen LogP contribution in [0.2, 0.25) is 0 Å². The number of hydrogen-bond acceptors (Lipinski definition) is 2. The van der Waals surface area contributed by atoms with E-state index in [0.29, 0.717) is 13.0 Å². The predicted molar refractivity (Wildman–Crippen MR) is 69.5 cm³/mol. The fraction of sp³-hybridized carbons (Fsp3) is 0.846. The zero-order chi connectivity index (χ0) is 13.8. The monoisotopic (exact) mass is 256 g/mol. The number of likely N-dealkylation sites (tertiary alicyclic amines) is 1. The number of nitrogens with one attached hydrogen (secondary N) is 1. The molecule has 2 atom stereocenters. The van der Waals surface area contributed by atoms with Crippen molar-refractivity contribution in [1.82, 2.24) is 10.2 Å². The van der Waals surface area contributed by atoms with Crippen molar-refractivity contribution in [3.05, 3.63) is 0 Å². The van der Waals surface area contributed by atoms with Gasteiger partial charge in [0.15, 0.2) is 0 Å². The molecule has 0 aromatic carbocycles. The molecule has 1 fully saturated rings. The number of urea groups is 1. The Kier molecular flexibility index (Phi) is 4.99. The van der Waals surface area contributed by atoms with Crippen molar-refractivity contribution in [2.24, 2.45) is 0 Å². The lowest BCUT2D eigenvalue weighted by Crippen LogP contribution is -2.57. The normalized spacial score (nSPS) is 23.9. The Morgan fingerprint density at radius 1 is 1.39 bits per heavy atom. The molecule has 2 N–H and O–H groups in total. The molecule has 2 amide bonds. The number of hydrogen-bond donors (Lipinski definition) is 2. The predicted octanol–water partition coefficient (Wildman–Crippen LogP) is 2.21. The maximum absolute atomic E-state index is 12.2. The molecule has 0 bridgehead atoms. The summed E-state index contributed by atoms with van der Waals surface area (Å²) in [5, 5.41) is 11.8. The highest BCUT2D eigenvalue weighted by Gasteiger charge is 2.35. The van der Waals surface area contributed by atoms with Crippen molar-refractivity contribution < 1.29 is 14.7 Å². The first-order valence-corrected chi connectivity index (χ1v) is 6.73. The van der Waals surface area contributed by atoms with E-state index in [-0.39, 0.29) is 12.1 Å². The second kappa shape index (κ2) is 6.07. The molecule has 1 heterocycles. The van der Waals surface area contributed by atoms with Crippen molar-refractivity contribution in [2.45, 2.75) is 64.5 Å². The van der Waals surface area contributed by atoms with Gasteiger partial charge in [0.2, 0.25) is 0 Å². The molecule has 18 heavy (non-hydrogen) atoms. The third-order valence-electron chi connectivity index (χ3n) is 3.88. The smallest absolute Gasteiger partial charge is 0.329 e. The molecule has 0 radical (unpaired) electrons. The van der Waals surface area contributed by atoms with E-state index in [9.17, 15) is 9.59 Å². The Balaban J connectivity index is 2.71. The van der Waals surface area contributed by atoms with Gasteiger partial charge in [0, 0.05) is 12.6 Å². The van der Waals surface area contributed by atoms with E-state index in [1.165, 1.54) is 0 Å². The molecular formula is C13H24N2O3. The topological polar surface area (TPSA) is 69.6 Å². The van der Waals surface area contributed by atoms with Gasteiger partial charge in [0.25, 0.3) is 0 Å². The first kappa shape index (κ1) is 14.8. The molecule has 0 spiro atoms. The van der Waals surface area contributed by atoms with Gasteiger partial charge < -0.3 is 15.3 Å². The van der Waals surface area contributed by atoms with Crippen molar-refractivity contribution in [1.29, 1.82) is 0 Å². The van der Waals surface area contributed by atoms with Crippen LogP contribution in [0, 0.1) is 0 Å². The molecule has 0 aliphatic carbocycles. The van der Waals surface area contributed by atoms with Crippen molar-refractivity contribution in [2.75, 3.05) is 6.54 Å². The number of aliphatic carboxylic acids is 1. The van der Waals surface area contributed by atoms with Crippen LogP contribution in [0.25, 0.3) is 0 Å². The highest BCUT2D eigenvalue weighted by molar-refractivity contribution is 5.86. The van der Waals surface area contributed by atoms with Crippen LogP contribution in [-0.2, 0) is 4.79 Å². The summed E-state index contributed by atoms with van der Waals surface area (Å²) in [6.07, 6.45) is 4.63. The minimum absolute atomic E-state index is 0.183. The van der Waals surface area contributed by atoms with Gasteiger partial charge in [-0.1, -0.05) is 19.8 Å². The first-order chi connectivity index (χ1) is 8.40. The van der Waals surface area contributed by atoms with Gasteiger partial charge >= 0.3 is 12.0 Å². The van der Waals surface area contributed by atoms with Crippen LogP contribution < -0.4 is 5.32 Å². The quantitative estimate of drug-likeness (QED) is 0.813. The third kappa shape index (κ3) is 3.37. The molecule has 2 unspecified atom stereocenters. The third-order valence-corrected chi connectivity index (χ3v) is 3.88. The molecule has 0 aromatic heterocycles. The highest BCUT2D eigenvalue weighted by atomic mass is 16.4. The standard InChI is InChI=1S/C13H24N2O3/c1-4-13(3,11(16)17)14-12(18)15-9-7-5-6-8-10(15)2/h10H,4-9H2,1-3H3,(H,14,18)(H,16,17). The molecule has 1 aliphatic rings. The minimum Gasteiger partial charge on any atom is -0.480 e. The molecule has 1 rings (SSSR count). The number of carboxylic acids is 1. The Morgan fingerprint density at radius 2 is 2.06 bits per heavy atom. The summed E-state index contributed by atoms with van der Waals surface area (Å²) in [5.74, 6) is -0.985. The lowest BCUT2D eigenvalue weighted by molar-refractivity contribution is -0.143. The number of rotatable bonds is 3. The number of nitrogens with zero attached hydrogens (tertiary/aromatic N) is 1. The minimum atomic E-state index is -1.18. The zero-order valence-corrected chi connectivity index (χ0v) is 11.5. The van der Waals surface area contributed by atoms with Crippen LogP contribution in [0.15, 0.2) is 0 Å². The Morgan fingerprint density at radius 3 is 2.61 bits per heavy atom. The second-order valence-corrected chi connectivity index (χ2v) is 5.31. The summed E-state index contributed by atoms with van der Waals surface area (Å²) >= 11 is 0. The largest absolute Gasteiger partial charge is 0.480 e. The van der Waals surface area contributed by atoms with Gasteiger partial charge in [0.05, 0.1) is 0 Å². The molecule has 5 heteroatoms. The van der Waals surface area contributed by atoms with Crippen LogP contribution in [0.1, 0.15) is 52.9 Å². The molecule has 1 saturated heterocycles. The number of carboxylic acid groups (broad SMARTS) is 1. The average Bonchev–Trinajstić information content (AvgIpc) is 2.53. The van der Waals surface area contributed by atoms with Crippen LogP contribution in [-0.4, -0.2) is 40.1 Å². The van der Waals surface area contributed by atoms with Gasteiger partial charge in [-0.15, -0.1) is 0 Å². The Bertz CT molecular complexity index is 319. The molecule has 1 aliphatic heterocycles. The van der Waals surface area contributed by atoms with Crippen LogP contribution >= 0.6 is 0 Å². The number of carbonyl (C=O) groups excluding carboxylic acids is 1. The van der Waals surface area contributed by atoms with Crippen molar-refractivity contribution >= 4 is 12.0 Å². The lowest BCUT2D eigenvalue weighted by atomic mass is 9.99. The van der Waals surface area contributed by atoms with Crippen molar-refractivity contribution in [3.63, 3.8) is 0 Å². The molecule has 5 nitrogen and oxygen atoms in total. The van der Waals surface area contributed by atoms with Gasteiger partial charge in [-0.2, -0.15) is 0 Å². The second-order valence-electron chi connectivity index (χ2n) is 5.31. The molecule has 0 aromatic rings. The van der Waals surface area contributed by atoms with Gasteiger partial charge in [-0.3, -0.25) is 0 Å². The lowest BCUT2D eigenvalue weighted by Gasteiger charge is -2.32. The summed E-state index contributed by atoms with van der Waals surface area (Å²) in [4.78, 5) is 25.1. The zero-order valence-electron chi connectivity index (χ0n) is 11.5. The van der Waals surface area contributed by atoms with Crippen molar-refractivity contribution in [3.8, 4) is 0 Å². The van der Waals surface area contributed by atoms with E-state index in [2.05, 4.69) is 5.32 Å². The summed E-state index contributed by atoms with van der Waals surface area (Å²) in [7, 11) is 0. The van der Waals surface area contributed by atoms with E-state index < -0.39 is 11.5 Å². The molecular weight excluding hydrogens is 232 g/mol. The van der Waals surface area contributed by atoms with E-state index >= 15 is 0 Å². The first-order valence-electron chi connectivity index (χ1n) is 6.73. The van der Waals surface area contributed by atoms with E-state index in [1.807, 2.05) is 6.92 Å². The van der Waals surface area contributed by atoms with E-state index in [1.54, 1.807) is 18.7 Å². The highest BCUT2D eigenvalue weighted by Crippen LogP contribution is 2.18. The average molecular weight is 256 g/mol. The Labute approximate surface area is 109 Å². The Hall–Kier alpha value is -1.26. The van der Waals surface area contributed by atoms with E-state index in [4.69, 9.17) is 5.11 Å². The summed E-state index contributed by atoms with van der Waals surface area (Å²) < 4.78 is 0. The molecule has 104 valence electrons. The summed E-state index contributed by atoms with van der Waals surface area (Å²) in [6.45, 7) is 6.05. The number of carbonyl (C=O) groups is 2.